The number of hydrogen-bond donors (Lipinski definition) is 3. The Bertz CT molecular complexity index is 636. The molecule has 0 spiro atoms. The van der Waals surface area contributed by atoms with Gasteiger partial charge in [-0.3, -0.25) is 4.79 Å². The summed E-state index contributed by atoms with van der Waals surface area (Å²) in [4.78, 5) is 38.5. The van der Waals surface area contributed by atoms with Crippen molar-refractivity contribution in [1.29, 1.82) is 0 Å². The van der Waals surface area contributed by atoms with Crippen molar-refractivity contribution < 1.29 is 24.2 Å². The Morgan fingerprint density at radius 1 is 1.45 bits per heavy atom. The number of carboxylic acids is 1. The molecule has 0 fully saturated rings. The van der Waals surface area contributed by atoms with Crippen LogP contribution in [0.2, 0.25) is 0 Å². The summed E-state index contributed by atoms with van der Waals surface area (Å²) < 4.78 is 5.10. The van der Waals surface area contributed by atoms with E-state index in [9.17, 15) is 14.4 Å². The highest BCUT2D eigenvalue weighted by molar-refractivity contribution is 5.99. The van der Waals surface area contributed by atoms with Gasteiger partial charge in [0.25, 0.3) is 0 Å². The zero-order chi connectivity index (χ0) is 16.5. The molecule has 1 aliphatic rings. The van der Waals surface area contributed by atoms with Crippen LogP contribution in [0.15, 0.2) is 12.3 Å². The minimum Gasteiger partial charge on any atom is -0.478 e. The number of nitrogens with one attached hydrogen (secondary N) is 2. The number of pyridine rings is 1. The van der Waals surface area contributed by atoms with E-state index in [-0.39, 0.29) is 12.0 Å². The van der Waals surface area contributed by atoms with Crippen LogP contribution in [-0.4, -0.2) is 39.7 Å². The van der Waals surface area contributed by atoms with Crippen molar-refractivity contribution in [3.8, 4) is 0 Å². The first-order chi connectivity index (χ1) is 10.2. The van der Waals surface area contributed by atoms with Gasteiger partial charge in [0.05, 0.1) is 5.56 Å². The Kier molecular flexibility index (Phi) is 4.03. The highest BCUT2D eigenvalue weighted by Crippen LogP contribution is 2.21. The van der Waals surface area contributed by atoms with Crippen LogP contribution < -0.4 is 10.6 Å². The van der Waals surface area contributed by atoms with Crippen LogP contribution in [-0.2, 0) is 16.0 Å². The molecule has 22 heavy (non-hydrogen) atoms. The van der Waals surface area contributed by atoms with Crippen LogP contribution in [0.25, 0.3) is 0 Å². The number of hydrogen-bond acceptors (Lipinski definition) is 5. The number of carboxylic acid groups (broad SMARTS) is 1. The second-order valence-electron chi connectivity index (χ2n) is 5.93. The van der Waals surface area contributed by atoms with E-state index in [1.807, 2.05) is 0 Å². The third-order valence-electron chi connectivity index (χ3n) is 2.89. The summed E-state index contributed by atoms with van der Waals surface area (Å²) in [6.07, 6.45) is 0.607. The van der Waals surface area contributed by atoms with Crippen molar-refractivity contribution in [2.24, 2.45) is 0 Å². The average Bonchev–Trinajstić information content (AvgIpc) is 2.36. The van der Waals surface area contributed by atoms with Crippen LogP contribution in [0.4, 0.5) is 10.6 Å². The van der Waals surface area contributed by atoms with E-state index in [4.69, 9.17) is 9.84 Å². The molecule has 0 saturated carbocycles. The van der Waals surface area contributed by atoms with Crippen molar-refractivity contribution in [2.75, 3.05) is 5.32 Å². The van der Waals surface area contributed by atoms with Crippen LogP contribution in [0.5, 0.6) is 0 Å². The van der Waals surface area contributed by atoms with Gasteiger partial charge in [-0.1, -0.05) is 0 Å². The topological polar surface area (TPSA) is 118 Å². The summed E-state index contributed by atoms with van der Waals surface area (Å²) in [6, 6.07) is 0.585. The second kappa shape index (κ2) is 5.63. The monoisotopic (exact) mass is 307 g/mol. The van der Waals surface area contributed by atoms with Gasteiger partial charge in [-0.05, 0) is 32.4 Å². The average molecular weight is 307 g/mol. The Hall–Kier alpha value is -2.64. The van der Waals surface area contributed by atoms with Crippen molar-refractivity contribution >= 4 is 23.8 Å². The maximum atomic E-state index is 11.9. The molecule has 2 rings (SSSR count). The number of carbonyl (C=O) groups is 3. The largest absolute Gasteiger partial charge is 0.478 e. The molecule has 8 nitrogen and oxygen atoms in total. The number of carbonyl (C=O) groups excluding carboxylic acids is 2. The van der Waals surface area contributed by atoms with Crippen molar-refractivity contribution in [3.63, 3.8) is 0 Å². The number of ether oxygens (including phenoxy) is 1. The number of aromatic carboxylic acids is 1. The smallest absolute Gasteiger partial charge is 0.408 e. The fourth-order valence-corrected chi connectivity index (χ4v) is 1.98. The zero-order valence-electron chi connectivity index (χ0n) is 12.5. The van der Waals surface area contributed by atoms with E-state index in [2.05, 4.69) is 15.6 Å². The van der Waals surface area contributed by atoms with Gasteiger partial charge in [0.2, 0.25) is 5.91 Å². The highest BCUT2D eigenvalue weighted by Gasteiger charge is 2.30. The predicted molar refractivity (Wildman–Crippen MR) is 76.7 cm³/mol. The minimum atomic E-state index is -1.11. The van der Waals surface area contributed by atoms with Crippen LogP contribution in [0.3, 0.4) is 0 Å². The molecular formula is C14H17N3O5. The van der Waals surface area contributed by atoms with Gasteiger partial charge in [-0.2, -0.15) is 0 Å². The van der Waals surface area contributed by atoms with Gasteiger partial charge in [0, 0.05) is 12.6 Å². The molecule has 0 aliphatic carbocycles. The molecule has 8 heteroatoms. The maximum absolute atomic E-state index is 11.9. The number of nitrogens with zero attached hydrogens (tertiary/aromatic N) is 1. The standard InChI is InChI=1S/C14H17N3O5/c1-14(2,3)22-13(21)16-9-5-7-4-8(12(19)20)6-15-10(7)17-11(9)18/h4,6,9H,5H2,1-3H3,(H,16,21)(H,19,20)(H,15,17,18). The van der Waals surface area contributed by atoms with E-state index >= 15 is 0 Å². The molecule has 118 valence electrons. The Morgan fingerprint density at radius 3 is 2.73 bits per heavy atom. The van der Waals surface area contributed by atoms with E-state index < -0.39 is 29.6 Å². The maximum Gasteiger partial charge on any atom is 0.408 e. The van der Waals surface area contributed by atoms with E-state index in [1.54, 1.807) is 20.8 Å². The lowest BCUT2D eigenvalue weighted by atomic mass is 10.0. The molecule has 0 aromatic carbocycles. The zero-order valence-corrected chi connectivity index (χ0v) is 12.5. The van der Waals surface area contributed by atoms with Crippen LogP contribution in [0.1, 0.15) is 36.7 Å². The quantitative estimate of drug-likeness (QED) is 0.755. The summed E-state index contributed by atoms with van der Waals surface area (Å²) in [5.74, 6) is -1.23. The number of rotatable bonds is 2. The molecule has 1 unspecified atom stereocenters. The van der Waals surface area contributed by atoms with Gasteiger partial charge in [-0.25, -0.2) is 14.6 Å². The molecule has 0 bridgehead atoms. The molecule has 0 saturated heterocycles. The number of fused-ring (bicyclic) bond motifs is 1. The third-order valence-corrected chi connectivity index (χ3v) is 2.89. The van der Waals surface area contributed by atoms with Gasteiger partial charge >= 0.3 is 12.1 Å². The van der Waals surface area contributed by atoms with Gasteiger partial charge in [0.15, 0.2) is 0 Å². The first-order valence-electron chi connectivity index (χ1n) is 6.68. The normalized spacial score (nSPS) is 17.2. The number of alkyl carbamates (subject to hydrolysis) is 1. The molecule has 1 aromatic rings. The lowest BCUT2D eigenvalue weighted by molar-refractivity contribution is -0.118. The summed E-state index contributed by atoms with van der Waals surface area (Å²) in [6.45, 7) is 5.14. The number of anilines is 1. The Balaban J connectivity index is 2.13. The predicted octanol–water partition coefficient (Wildman–Crippen LogP) is 1.17. The number of aromatic nitrogens is 1. The van der Waals surface area contributed by atoms with Crippen molar-refractivity contribution in [1.82, 2.24) is 10.3 Å². The Morgan fingerprint density at radius 2 is 2.14 bits per heavy atom. The molecule has 2 heterocycles. The van der Waals surface area contributed by atoms with Crippen LogP contribution >= 0.6 is 0 Å². The van der Waals surface area contributed by atoms with Crippen molar-refractivity contribution in [2.45, 2.75) is 38.8 Å². The van der Waals surface area contributed by atoms with Gasteiger partial charge < -0.3 is 20.5 Å². The molecule has 1 atom stereocenters. The van der Waals surface area contributed by atoms with Crippen LogP contribution in [0, 0.1) is 0 Å². The molecule has 0 radical (unpaired) electrons. The van der Waals surface area contributed by atoms with Gasteiger partial charge in [-0.15, -0.1) is 0 Å². The SMILES string of the molecule is CC(C)(C)OC(=O)NC1Cc2cc(C(=O)O)cnc2NC1=O. The molecule has 1 aliphatic heterocycles. The summed E-state index contributed by atoms with van der Waals surface area (Å²) in [5.41, 5.74) is -0.114. The lowest BCUT2D eigenvalue weighted by Crippen LogP contribution is -2.49. The van der Waals surface area contributed by atoms with E-state index in [0.717, 1.165) is 0 Å². The minimum absolute atomic E-state index is 0.0194. The Labute approximate surface area is 126 Å². The fraction of sp³-hybridized carbons (Fsp3) is 0.429. The summed E-state index contributed by atoms with van der Waals surface area (Å²) in [7, 11) is 0. The first-order valence-corrected chi connectivity index (χ1v) is 6.68. The van der Waals surface area contributed by atoms with E-state index in [0.29, 0.717) is 11.4 Å². The van der Waals surface area contributed by atoms with Gasteiger partial charge in [0.1, 0.15) is 17.5 Å². The summed E-state index contributed by atoms with van der Waals surface area (Å²) >= 11 is 0. The molecule has 3 N–H and O–H groups in total. The molecule has 1 aromatic heterocycles. The molecule has 2 amide bonds. The molecular weight excluding hydrogens is 290 g/mol. The second-order valence-corrected chi connectivity index (χ2v) is 5.93. The fourth-order valence-electron chi connectivity index (χ4n) is 1.98. The van der Waals surface area contributed by atoms with E-state index in [1.165, 1.54) is 12.3 Å². The van der Waals surface area contributed by atoms with Crippen molar-refractivity contribution in [3.05, 3.63) is 23.4 Å². The number of amides is 2. The highest BCUT2D eigenvalue weighted by atomic mass is 16.6. The lowest BCUT2D eigenvalue weighted by Gasteiger charge is -2.26. The third kappa shape index (κ3) is 3.72. The summed E-state index contributed by atoms with van der Waals surface area (Å²) in [5, 5.41) is 14.0. The first kappa shape index (κ1) is 15.7.